The van der Waals surface area contributed by atoms with E-state index in [0.29, 0.717) is 18.3 Å². The second kappa shape index (κ2) is 6.88. The number of hydrogen-bond acceptors (Lipinski definition) is 5. The molecule has 124 valence electrons. The molecule has 3 rings (SSSR count). The van der Waals surface area contributed by atoms with Crippen LogP contribution < -0.4 is 5.73 Å². The van der Waals surface area contributed by atoms with Gasteiger partial charge in [-0.05, 0) is 48.9 Å². The van der Waals surface area contributed by atoms with Gasteiger partial charge in [-0.3, -0.25) is 9.69 Å². The summed E-state index contributed by atoms with van der Waals surface area (Å²) in [6, 6.07) is 6.58. The molecule has 1 aromatic carbocycles. The number of aliphatic imine (C=N–C) groups is 1. The quantitative estimate of drug-likeness (QED) is 0.859. The Balaban J connectivity index is 1.65. The summed E-state index contributed by atoms with van der Waals surface area (Å²) >= 11 is 1.57. The van der Waals surface area contributed by atoms with Crippen molar-refractivity contribution in [2.75, 3.05) is 20.1 Å². The Morgan fingerprint density at radius 1 is 1.43 bits per heavy atom. The third-order valence-corrected chi connectivity index (χ3v) is 5.45. The Bertz CT molecular complexity index is 624. The normalized spacial score (nSPS) is 26.3. The highest BCUT2D eigenvalue weighted by atomic mass is 32.2. The molecule has 0 saturated carbocycles. The number of halogens is 1. The van der Waals surface area contributed by atoms with Crippen LogP contribution in [-0.4, -0.2) is 47.3 Å². The van der Waals surface area contributed by atoms with Gasteiger partial charge in [0.1, 0.15) is 5.82 Å². The smallest absolute Gasteiger partial charge is 0.231 e. The summed E-state index contributed by atoms with van der Waals surface area (Å²) in [5.74, 6) is 0.418. The van der Waals surface area contributed by atoms with Gasteiger partial charge in [0.15, 0.2) is 5.96 Å². The fourth-order valence-corrected chi connectivity index (χ4v) is 4.15. The first-order chi connectivity index (χ1) is 11.0. The maximum Gasteiger partial charge on any atom is 0.231 e. The van der Waals surface area contributed by atoms with Crippen LogP contribution in [0.1, 0.15) is 19.3 Å². The van der Waals surface area contributed by atoms with Gasteiger partial charge in [-0.1, -0.05) is 6.07 Å². The molecule has 0 aliphatic carbocycles. The van der Waals surface area contributed by atoms with Crippen LogP contribution in [0.2, 0.25) is 0 Å². The van der Waals surface area contributed by atoms with Crippen molar-refractivity contribution in [1.29, 1.82) is 0 Å². The van der Waals surface area contributed by atoms with E-state index in [1.165, 1.54) is 11.0 Å². The van der Waals surface area contributed by atoms with Gasteiger partial charge in [0.05, 0.1) is 12.5 Å². The number of piperidine rings is 1. The minimum absolute atomic E-state index is 0.0254. The van der Waals surface area contributed by atoms with E-state index in [1.807, 2.05) is 6.07 Å². The van der Waals surface area contributed by atoms with Gasteiger partial charge in [0, 0.05) is 25.0 Å². The van der Waals surface area contributed by atoms with E-state index in [2.05, 4.69) is 9.30 Å². The van der Waals surface area contributed by atoms with Gasteiger partial charge in [-0.2, -0.15) is 0 Å². The van der Waals surface area contributed by atoms with Crippen molar-refractivity contribution in [3.05, 3.63) is 30.1 Å². The lowest BCUT2D eigenvalue weighted by atomic mass is 9.89. The highest BCUT2D eigenvalue weighted by Gasteiger charge is 2.33. The number of nitrogens with two attached hydrogens (primary N) is 1. The second-order valence-electron chi connectivity index (χ2n) is 6.05. The molecule has 23 heavy (non-hydrogen) atoms. The Morgan fingerprint density at radius 2 is 2.26 bits per heavy atom. The van der Waals surface area contributed by atoms with Gasteiger partial charge in [0.25, 0.3) is 0 Å². The van der Waals surface area contributed by atoms with Gasteiger partial charge in [-0.15, -0.1) is 0 Å². The Morgan fingerprint density at radius 3 is 3.00 bits per heavy atom. The number of benzene rings is 1. The van der Waals surface area contributed by atoms with Crippen molar-refractivity contribution >= 4 is 23.8 Å². The number of guanidine groups is 1. The molecule has 0 aromatic heterocycles. The second-order valence-corrected chi connectivity index (χ2v) is 7.22. The zero-order valence-electron chi connectivity index (χ0n) is 13.1. The summed E-state index contributed by atoms with van der Waals surface area (Å²) in [5.41, 5.74) is 5.84. The lowest BCUT2D eigenvalue weighted by Gasteiger charge is -2.37. The Hall–Kier alpha value is -1.60. The lowest BCUT2D eigenvalue weighted by Crippen LogP contribution is -2.48. The van der Waals surface area contributed by atoms with Crippen LogP contribution in [0.5, 0.6) is 0 Å². The molecule has 2 unspecified atom stereocenters. The molecule has 1 fully saturated rings. The predicted octanol–water partition coefficient (Wildman–Crippen LogP) is 2.09. The van der Waals surface area contributed by atoms with Crippen LogP contribution in [0.25, 0.3) is 0 Å². The first-order valence-corrected chi connectivity index (χ1v) is 8.58. The predicted molar refractivity (Wildman–Crippen MR) is 89.4 cm³/mol. The number of amides is 1. The highest BCUT2D eigenvalue weighted by Crippen LogP contribution is 2.32. The topological polar surface area (TPSA) is 61.9 Å². The zero-order valence-corrected chi connectivity index (χ0v) is 13.9. The first-order valence-electron chi connectivity index (χ1n) is 7.81. The van der Waals surface area contributed by atoms with Crippen molar-refractivity contribution in [2.24, 2.45) is 16.6 Å². The van der Waals surface area contributed by atoms with E-state index in [4.69, 9.17) is 5.73 Å². The first kappa shape index (κ1) is 16.3. The van der Waals surface area contributed by atoms with E-state index in [-0.39, 0.29) is 17.8 Å². The SMILES string of the molecule is CN1C(=O)CC(C2CCCN(Sc3cccc(F)c3)C2)N=C1N. The molecule has 1 aromatic rings. The highest BCUT2D eigenvalue weighted by molar-refractivity contribution is 7.97. The lowest BCUT2D eigenvalue weighted by molar-refractivity contribution is -0.127. The maximum atomic E-state index is 13.3. The van der Waals surface area contributed by atoms with Crippen LogP contribution >= 0.6 is 11.9 Å². The Labute approximate surface area is 139 Å². The summed E-state index contributed by atoms with van der Waals surface area (Å²) < 4.78 is 15.5. The van der Waals surface area contributed by atoms with Crippen LogP contribution in [-0.2, 0) is 4.79 Å². The van der Waals surface area contributed by atoms with Gasteiger partial charge in [0.2, 0.25) is 5.91 Å². The molecule has 2 aliphatic heterocycles. The standard InChI is InChI=1S/C16H21FN4OS/c1-20-15(22)9-14(19-16(20)18)11-4-3-7-21(10-11)23-13-6-2-5-12(17)8-13/h2,5-6,8,11,14H,3-4,7,9-10H2,1H3,(H2,18,19). The molecule has 2 atom stereocenters. The average molecular weight is 336 g/mol. The number of carbonyl (C=O) groups excluding carboxylic acids is 1. The van der Waals surface area contributed by atoms with Crippen LogP contribution in [0.4, 0.5) is 4.39 Å². The average Bonchev–Trinajstić information content (AvgIpc) is 2.52. The van der Waals surface area contributed by atoms with Crippen LogP contribution in [0.3, 0.4) is 0 Å². The van der Waals surface area contributed by atoms with Crippen molar-refractivity contribution in [3.63, 3.8) is 0 Å². The number of nitrogens with zero attached hydrogens (tertiary/aromatic N) is 3. The number of hydrogen-bond donors (Lipinski definition) is 1. The molecule has 1 saturated heterocycles. The monoisotopic (exact) mass is 336 g/mol. The molecule has 2 N–H and O–H groups in total. The molecular weight excluding hydrogens is 315 g/mol. The van der Waals surface area contributed by atoms with E-state index in [9.17, 15) is 9.18 Å². The van der Waals surface area contributed by atoms with Crippen LogP contribution in [0, 0.1) is 11.7 Å². The van der Waals surface area contributed by atoms with Gasteiger partial charge >= 0.3 is 0 Å². The molecule has 2 aliphatic rings. The van der Waals surface area contributed by atoms with Gasteiger partial charge < -0.3 is 5.73 Å². The molecule has 7 heteroatoms. The minimum Gasteiger partial charge on any atom is -0.369 e. The fraction of sp³-hybridized carbons (Fsp3) is 0.500. The van der Waals surface area contributed by atoms with E-state index in [0.717, 1.165) is 30.8 Å². The summed E-state index contributed by atoms with van der Waals surface area (Å²) in [6.07, 6.45) is 2.50. The number of carbonyl (C=O) groups is 1. The molecular formula is C16H21FN4OS. The largest absolute Gasteiger partial charge is 0.369 e. The van der Waals surface area contributed by atoms with Gasteiger partial charge in [-0.25, -0.2) is 13.7 Å². The minimum atomic E-state index is -0.221. The molecule has 2 heterocycles. The summed E-state index contributed by atoms with van der Waals surface area (Å²) in [7, 11) is 1.66. The third-order valence-electron chi connectivity index (χ3n) is 4.39. The Kier molecular flexibility index (Phi) is 4.87. The molecule has 1 amide bonds. The molecule has 5 nitrogen and oxygen atoms in total. The molecule has 0 bridgehead atoms. The third kappa shape index (κ3) is 3.84. The fourth-order valence-electron chi connectivity index (χ4n) is 3.06. The van der Waals surface area contributed by atoms with E-state index >= 15 is 0 Å². The summed E-state index contributed by atoms with van der Waals surface area (Å²) in [4.78, 5) is 18.8. The molecule has 0 radical (unpaired) electrons. The van der Waals surface area contributed by atoms with Crippen molar-refractivity contribution < 1.29 is 9.18 Å². The maximum absolute atomic E-state index is 13.3. The van der Waals surface area contributed by atoms with Crippen LogP contribution in [0.15, 0.2) is 34.2 Å². The summed E-state index contributed by atoms with van der Waals surface area (Å²) in [6.45, 7) is 1.79. The molecule has 0 spiro atoms. The van der Waals surface area contributed by atoms with Crippen molar-refractivity contribution in [3.8, 4) is 0 Å². The van der Waals surface area contributed by atoms with Crippen molar-refractivity contribution in [2.45, 2.75) is 30.2 Å². The van der Waals surface area contributed by atoms with Crippen molar-refractivity contribution in [1.82, 2.24) is 9.21 Å². The number of rotatable bonds is 3. The zero-order chi connectivity index (χ0) is 16.4. The van der Waals surface area contributed by atoms with E-state index < -0.39 is 0 Å². The summed E-state index contributed by atoms with van der Waals surface area (Å²) in [5, 5.41) is 0. The van der Waals surface area contributed by atoms with E-state index in [1.54, 1.807) is 31.1 Å².